The third-order valence-corrected chi connectivity index (χ3v) is 3.95. The molecule has 0 aromatic heterocycles. The van der Waals surface area contributed by atoms with E-state index in [9.17, 15) is 4.79 Å². The van der Waals surface area contributed by atoms with Gasteiger partial charge in [-0.25, -0.2) is 4.99 Å². The topological polar surface area (TPSA) is 50.7 Å². The second kappa shape index (κ2) is 6.24. The Kier molecular flexibility index (Phi) is 3.78. The standard InChI is InChI=1S/C21H16N2O2/c1-14-7-12-19-18(13-14)20(21(24)23-19)22-15-8-10-17(11-9-15)25-16-5-3-2-4-6-16/h2-13H,1H3,(H,22,23,24). The normalized spacial score (nSPS) is 14.3. The average molecular weight is 328 g/mol. The Hall–Kier alpha value is -3.40. The van der Waals surface area contributed by atoms with Crippen molar-refractivity contribution in [2.24, 2.45) is 4.99 Å². The van der Waals surface area contributed by atoms with Gasteiger partial charge in [-0.15, -0.1) is 0 Å². The van der Waals surface area contributed by atoms with Crippen molar-refractivity contribution in [2.45, 2.75) is 6.92 Å². The van der Waals surface area contributed by atoms with Gasteiger partial charge in [-0.05, 0) is 55.5 Å². The predicted molar refractivity (Wildman–Crippen MR) is 99.0 cm³/mol. The van der Waals surface area contributed by atoms with Gasteiger partial charge < -0.3 is 10.1 Å². The van der Waals surface area contributed by atoms with Gasteiger partial charge in [-0.1, -0.05) is 29.8 Å². The van der Waals surface area contributed by atoms with Gasteiger partial charge in [0.05, 0.1) is 11.4 Å². The molecule has 3 aromatic carbocycles. The zero-order valence-corrected chi connectivity index (χ0v) is 13.7. The largest absolute Gasteiger partial charge is 0.457 e. The fourth-order valence-electron chi connectivity index (χ4n) is 2.72. The number of carbonyl (C=O) groups excluding carboxylic acids is 1. The minimum atomic E-state index is -0.176. The van der Waals surface area contributed by atoms with Crippen LogP contribution in [-0.4, -0.2) is 11.6 Å². The van der Waals surface area contributed by atoms with Gasteiger partial charge in [-0.3, -0.25) is 4.79 Å². The van der Waals surface area contributed by atoms with Crippen LogP contribution in [0.25, 0.3) is 0 Å². The first-order valence-electron chi connectivity index (χ1n) is 8.03. The third-order valence-electron chi connectivity index (χ3n) is 3.95. The van der Waals surface area contributed by atoms with E-state index in [4.69, 9.17) is 4.74 Å². The molecule has 0 radical (unpaired) electrons. The molecule has 0 spiro atoms. The molecule has 1 aliphatic heterocycles. The van der Waals surface area contributed by atoms with E-state index in [1.165, 1.54) is 0 Å². The van der Waals surface area contributed by atoms with Crippen molar-refractivity contribution in [3.8, 4) is 11.5 Å². The van der Waals surface area contributed by atoms with Crippen LogP contribution in [0.1, 0.15) is 11.1 Å². The lowest BCUT2D eigenvalue weighted by Gasteiger charge is -2.05. The number of nitrogens with zero attached hydrogens (tertiary/aromatic N) is 1. The van der Waals surface area contributed by atoms with Crippen molar-refractivity contribution >= 4 is 23.0 Å². The molecular weight excluding hydrogens is 312 g/mol. The molecular formula is C21H16N2O2. The molecule has 0 fully saturated rings. The van der Waals surface area contributed by atoms with Crippen LogP contribution in [0.4, 0.5) is 11.4 Å². The number of hydrogen-bond donors (Lipinski definition) is 1. The molecule has 3 aromatic rings. The minimum Gasteiger partial charge on any atom is -0.457 e. The number of para-hydroxylation sites is 1. The summed E-state index contributed by atoms with van der Waals surface area (Å²) < 4.78 is 5.77. The lowest BCUT2D eigenvalue weighted by Crippen LogP contribution is -2.13. The molecule has 0 atom stereocenters. The number of carbonyl (C=O) groups is 1. The van der Waals surface area contributed by atoms with Crippen LogP contribution in [0.15, 0.2) is 77.8 Å². The van der Waals surface area contributed by atoms with Crippen molar-refractivity contribution < 1.29 is 9.53 Å². The highest BCUT2D eigenvalue weighted by atomic mass is 16.5. The fourth-order valence-corrected chi connectivity index (χ4v) is 2.72. The SMILES string of the molecule is Cc1ccc2c(c1)C(=Nc1ccc(Oc3ccccc3)cc1)C(=O)N2. The number of fused-ring (bicyclic) bond motifs is 1. The summed E-state index contributed by atoms with van der Waals surface area (Å²) in [5.41, 5.74) is 3.89. The van der Waals surface area contributed by atoms with Crippen LogP contribution in [0, 0.1) is 6.92 Å². The molecule has 1 N–H and O–H groups in total. The number of aryl methyl sites for hydroxylation is 1. The highest BCUT2D eigenvalue weighted by molar-refractivity contribution is 6.54. The highest BCUT2D eigenvalue weighted by Crippen LogP contribution is 2.28. The molecule has 1 heterocycles. The Morgan fingerprint density at radius 1 is 0.880 bits per heavy atom. The zero-order valence-electron chi connectivity index (χ0n) is 13.7. The number of benzene rings is 3. The van der Waals surface area contributed by atoms with E-state index in [0.29, 0.717) is 11.4 Å². The van der Waals surface area contributed by atoms with Crippen molar-refractivity contribution in [3.05, 3.63) is 83.9 Å². The number of amides is 1. The first kappa shape index (κ1) is 15.1. The summed E-state index contributed by atoms with van der Waals surface area (Å²) in [6.07, 6.45) is 0. The molecule has 4 heteroatoms. The molecule has 0 unspecified atom stereocenters. The third kappa shape index (κ3) is 3.15. The maximum atomic E-state index is 12.2. The van der Waals surface area contributed by atoms with Crippen molar-refractivity contribution in [1.29, 1.82) is 0 Å². The van der Waals surface area contributed by atoms with Gasteiger partial charge in [0.25, 0.3) is 5.91 Å². The number of aliphatic imine (C=N–C) groups is 1. The van der Waals surface area contributed by atoms with Gasteiger partial charge in [0.2, 0.25) is 0 Å². The van der Waals surface area contributed by atoms with Crippen LogP contribution in [0.5, 0.6) is 11.5 Å². The average Bonchev–Trinajstić information content (AvgIpc) is 2.93. The number of ether oxygens (including phenoxy) is 1. The second-order valence-electron chi connectivity index (χ2n) is 5.87. The van der Waals surface area contributed by atoms with E-state index in [-0.39, 0.29) is 5.91 Å². The maximum absolute atomic E-state index is 12.2. The van der Waals surface area contributed by atoms with E-state index in [1.807, 2.05) is 79.7 Å². The molecule has 1 aliphatic rings. The quantitative estimate of drug-likeness (QED) is 0.746. The smallest absolute Gasteiger partial charge is 0.275 e. The van der Waals surface area contributed by atoms with Crippen LogP contribution in [-0.2, 0) is 4.79 Å². The first-order chi connectivity index (χ1) is 12.2. The Labute approximate surface area is 145 Å². The molecule has 4 rings (SSSR count). The number of anilines is 1. The summed E-state index contributed by atoms with van der Waals surface area (Å²) >= 11 is 0. The zero-order chi connectivity index (χ0) is 17.2. The lowest BCUT2D eigenvalue weighted by atomic mass is 10.1. The van der Waals surface area contributed by atoms with E-state index < -0.39 is 0 Å². The molecule has 0 aliphatic carbocycles. The summed E-state index contributed by atoms with van der Waals surface area (Å²) in [4.78, 5) is 16.7. The van der Waals surface area contributed by atoms with Gasteiger partial charge in [0.15, 0.2) is 0 Å². The molecule has 25 heavy (non-hydrogen) atoms. The monoisotopic (exact) mass is 328 g/mol. The lowest BCUT2D eigenvalue weighted by molar-refractivity contribution is -0.110. The summed E-state index contributed by atoms with van der Waals surface area (Å²) in [5.74, 6) is 1.33. The number of rotatable bonds is 3. The summed E-state index contributed by atoms with van der Waals surface area (Å²) in [7, 11) is 0. The Balaban J connectivity index is 1.60. The predicted octanol–water partition coefficient (Wildman–Crippen LogP) is 4.86. The van der Waals surface area contributed by atoms with E-state index in [1.54, 1.807) is 0 Å². The van der Waals surface area contributed by atoms with Gasteiger partial charge >= 0.3 is 0 Å². The van der Waals surface area contributed by atoms with Gasteiger partial charge in [0.1, 0.15) is 17.2 Å². The fraction of sp³-hybridized carbons (Fsp3) is 0.0476. The summed E-state index contributed by atoms with van der Waals surface area (Å²) in [6.45, 7) is 2.00. The summed E-state index contributed by atoms with van der Waals surface area (Å²) in [5, 5.41) is 2.84. The molecule has 0 saturated carbocycles. The minimum absolute atomic E-state index is 0.176. The molecule has 0 bridgehead atoms. The Morgan fingerprint density at radius 2 is 1.60 bits per heavy atom. The molecule has 0 saturated heterocycles. The van der Waals surface area contributed by atoms with E-state index >= 15 is 0 Å². The van der Waals surface area contributed by atoms with Crippen LogP contribution >= 0.6 is 0 Å². The van der Waals surface area contributed by atoms with Crippen LogP contribution in [0.3, 0.4) is 0 Å². The van der Waals surface area contributed by atoms with Gasteiger partial charge in [-0.2, -0.15) is 0 Å². The highest BCUT2D eigenvalue weighted by Gasteiger charge is 2.25. The van der Waals surface area contributed by atoms with Gasteiger partial charge in [0, 0.05) is 5.56 Å². The molecule has 1 amide bonds. The van der Waals surface area contributed by atoms with Crippen LogP contribution < -0.4 is 10.1 Å². The van der Waals surface area contributed by atoms with E-state index in [0.717, 1.165) is 28.3 Å². The summed E-state index contributed by atoms with van der Waals surface area (Å²) in [6, 6.07) is 22.8. The first-order valence-corrected chi connectivity index (χ1v) is 8.03. The van der Waals surface area contributed by atoms with Crippen molar-refractivity contribution in [2.75, 3.05) is 5.32 Å². The Morgan fingerprint density at radius 3 is 2.36 bits per heavy atom. The Bertz CT molecular complexity index is 961. The molecule has 122 valence electrons. The van der Waals surface area contributed by atoms with Crippen molar-refractivity contribution in [1.82, 2.24) is 0 Å². The second-order valence-corrected chi connectivity index (χ2v) is 5.87. The number of nitrogens with one attached hydrogen (secondary N) is 1. The van der Waals surface area contributed by atoms with E-state index in [2.05, 4.69) is 10.3 Å². The van der Waals surface area contributed by atoms with Crippen molar-refractivity contribution in [3.63, 3.8) is 0 Å². The number of hydrogen-bond acceptors (Lipinski definition) is 3. The maximum Gasteiger partial charge on any atom is 0.275 e. The van der Waals surface area contributed by atoms with Crippen LogP contribution in [0.2, 0.25) is 0 Å². The molecule has 4 nitrogen and oxygen atoms in total.